The maximum atomic E-state index is 14.8. The molecule has 54 heavy (non-hydrogen) atoms. The molecule has 2 saturated heterocycles. The SMILES string of the molecule is CC(C)c1nn(-c2noc(C3CCN(C4CCN(C(=O)OC(C)(C)C)CC4)CC3)n2)c2c(F)cccc12.CC(C)c1nn(/C(N)=N/O)c2c(F)cccc12. The molecule has 0 spiro atoms. The average Bonchev–Trinajstić information content (AvgIpc) is 3.88. The normalized spacial score (nSPS) is 16.8. The number of aromatic nitrogens is 6. The number of hydrogen-bond acceptors (Lipinski definition) is 10. The first-order valence-corrected chi connectivity index (χ1v) is 18.5. The monoisotopic (exact) mass is 748 g/mol. The minimum Gasteiger partial charge on any atom is -0.444 e. The Morgan fingerprint density at radius 2 is 1.48 bits per heavy atom. The summed E-state index contributed by atoms with van der Waals surface area (Å²) in [4.78, 5) is 21.3. The third-order valence-corrected chi connectivity index (χ3v) is 9.91. The van der Waals surface area contributed by atoms with Crippen molar-refractivity contribution < 1.29 is 28.0 Å². The fraction of sp³-hybridized carbons (Fsp3) is 0.526. The second kappa shape index (κ2) is 15.7. The number of ether oxygens (including phenoxy) is 1. The van der Waals surface area contributed by atoms with E-state index in [9.17, 15) is 13.6 Å². The molecule has 3 N–H and O–H groups in total. The number of hydrogen-bond donors (Lipinski definition) is 2. The van der Waals surface area contributed by atoms with Crippen LogP contribution in [0.15, 0.2) is 46.1 Å². The van der Waals surface area contributed by atoms with Crippen molar-refractivity contribution in [2.24, 2.45) is 10.9 Å². The van der Waals surface area contributed by atoms with Gasteiger partial charge in [-0.1, -0.05) is 52.0 Å². The lowest BCUT2D eigenvalue weighted by Crippen LogP contribution is -2.49. The molecule has 0 atom stereocenters. The second-order valence-corrected chi connectivity index (χ2v) is 15.6. The number of benzene rings is 2. The molecule has 0 unspecified atom stereocenters. The Morgan fingerprint density at radius 3 is 2.06 bits per heavy atom. The molecule has 0 bridgehead atoms. The molecule has 0 radical (unpaired) electrons. The Hall–Kier alpha value is -5.12. The van der Waals surface area contributed by atoms with Crippen molar-refractivity contribution in [2.75, 3.05) is 26.2 Å². The lowest BCUT2D eigenvalue weighted by atomic mass is 9.93. The number of piperidine rings is 2. The van der Waals surface area contributed by atoms with Crippen molar-refractivity contribution in [1.29, 1.82) is 0 Å². The number of rotatable bonds is 5. The van der Waals surface area contributed by atoms with E-state index >= 15 is 0 Å². The first-order valence-electron chi connectivity index (χ1n) is 18.5. The Bertz CT molecular complexity index is 2120. The van der Waals surface area contributed by atoms with Crippen LogP contribution in [0.2, 0.25) is 0 Å². The fourth-order valence-corrected chi connectivity index (χ4v) is 7.23. The van der Waals surface area contributed by atoms with Crippen LogP contribution < -0.4 is 5.73 Å². The molecule has 0 saturated carbocycles. The zero-order valence-corrected chi connectivity index (χ0v) is 32.0. The van der Waals surface area contributed by atoms with Crippen molar-refractivity contribution in [3.05, 3.63) is 65.3 Å². The zero-order chi connectivity index (χ0) is 38.9. The van der Waals surface area contributed by atoms with Gasteiger partial charge in [0.25, 0.3) is 11.9 Å². The van der Waals surface area contributed by atoms with Crippen LogP contribution >= 0.6 is 0 Å². The molecular weight excluding hydrogens is 698 g/mol. The Balaban J connectivity index is 0.000000244. The first kappa shape index (κ1) is 38.6. The largest absolute Gasteiger partial charge is 0.444 e. The van der Waals surface area contributed by atoms with E-state index in [4.69, 9.17) is 20.2 Å². The number of halogens is 2. The Morgan fingerprint density at radius 1 is 0.907 bits per heavy atom. The average molecular weight is 749 g/mol. The summed E-state index contributed by atoms with van der Waals surface area (Å²) in [6.45, 7) is 17.0. The van der Waals surface area contributed by atoms with E-state index in [0.29, 0.717) is 28.5 Å². The van der Waals surface area contributed by atoms with Crippen molar-refractivity contribution >= 4 is 33.9 Å². The van der Waals surface area contributed by atoms with E-state index in [1.807, 2.05) is 59.4 Å². The van der Waals surface area contributed by atoms with Gasteiger partial charge in [0.15, 0.2) is 0 Å². The number of carbonyl (C=O) groups excluding carboxylic acids is 1. The smallest absolute Gasteiger partial charge is 0.410 e. The molecule has 3 aromatic heterocycles. The van der Waals surface area contributed by atoms with Crippen LogP contribution in [0.3, 0.4) is 0 Å². The number of nitrogens with zero attached hydrogens (tertiary/aromatic N) is 9. The summed E-state index contributed by atoms with van der Waals surface area (Å²) in [5, 5.41) is 25.9. The highest BCUT2D eigenvalue weighted by atomic mass is 19.1. The summed E-state index contributed by atoms with van der Waals surface area (Å²) in [5.41, 5.74) is 7.14. The van der Waals surface area contributed by atoms with Gasteiger partial charge < -0.3 is 30.0 Å². The van der Waals surface area contributed by atoms with Crippen LogP contribution in [0.1, 0.15) is 109 Å². The third kappa shape index (κ3) is 8.03. The Labute approximate surface area is 312 Å². The van der Waals surface area contributed by atoms with E-state index in [-0.39, 0.29) is 47.1 Å². The van der Waals surface area contributed by atoms with Gasteiger partial charge in [-0.2, -0.15) is 24.5 Å². The molecule has 14 nitrogen and oxygen atoms in total. The minimum atomic E-state index is -0.472. The highest BCUT2D eigenvalue weighted by Crippen LogP contribution is 2.33. The number of oxime groups is 1. The quantitative estimate of drug-likeness (QED) is 0.0820. The van der Waals surface area contributed by atoms with Crippen LogP contribution in [-0.2, 0) is 4.74 Å². The number of para-hydroxylation sites is 2. The van der Waals surface area contributed by atoms with E-state index in [0.717, 1.165) is 67.6 Å². The molecule has 2 fully saturated rings. The van der Waals surface area contributed by atoms with Gasteiger partial charge >= 0.3 is 6.09 Å². The van der Waals surface area contributed by atoms with Gasteiger partial charge in [-0.25, -0.2) is 13.6 Å². The molecule has 7 rings (SSSR count). The summed E-state index contributed by atoms with van der Waals surface area (Å²) in [6.07, 6.45) is 3.51. The van der Waals surface area contributed by atoms with E-state index in [1.54, 1.807) is 18.2 Å². The second-order valence-electron chi connectivity index (χ2n) is 15.6. The number of amides is 1. The van der Waals surface area contributed by atoms with E-state index in [2.05, 4.69) is 30.4 Å². The molecule has 5 heterocycles. The molecule has 0 aliphatic carbocycles. The lowest BCUT2D eigenvalue weighted by molar-refractivity contribution is 0.0124. The van der Waals surface area contributed by atoms with Gasteiger partial charge in [0.05, 0.1) is 11.4 Å². The van der Waals surface area contributed by atoms with Gasteiger partial charge in [-0.3, -0.25) is 0 Å². The van der Waals surface area contributed by atoms with Crippen molar-refractivity contribution in [3.63, 3.8) is 0 Å². The zero-order valence-electron chi connectivity index (χ0n) is 32.0. The topological polar surface area (TPSA) is 166 Å². The molecule has 16 heteroatoms. The minimum absolute atomic E-state index is 0.118. The summed E-state index contributed by atoms with van der Waals surface area (Å²) in [7, 11) is 0. The summed E-state index contributed by atoms with van der Waals surface area (Å²) in [5.74, 6) is 0.212. The van der Waals surface area contributed by atoms with Crippen molar-refractivity contribution in [2.45, 2.75) is 104 Å². The molecule has 2 aliphatic heterocycles. The van der Waals surface area contributed by atoms with E-state index < -0.39 is 11.4 Å². The predicted octanol–water partition coefficient (Wildman–Crippen LogP) is 7.10. The summed E-state index contributed by atoms with van der Waals surface area (Å²) < 4.78 is 42.3. The van der Waals surface area contributed by atoms with Crippen LogP contribution in [0.5, 0.6) is 0 Å². The number of fused-ring (bicyclic) bond motifs is 2. The summed E-state index contributed by atoms with van der Waals surface area (Å²) >= 11 is 0. The molecule has 2 aliphatic rings. The lowest BCUT2D eigenvalue weighted by Gasteiger charge is -2.41. The van der Waals surface area contributed by atoms with Gasteiger partial charge in [-0.15, -0.1) is 0 Å². The van der Waals surface area contributed by atoms with Crippen LogP contribution in [0.4, 0.5) is 13.6 Å². The van der Waals surface area contributed by atoms with Crippen LogP contribution in [0.25, 0.3) is 27.8 Å². The van der Waals surface area contributed by atoms with Gasteiger partial charge in [-0.05, 0) is 93.8 Å². The molecule has 5 aromatic rings. The highest BCUT2D eigenvalue weighted by molar-refractivity contribution is 5.93. The van der Waals surface area contributed by atoms with Crippen LogP contribution in [0, 0.1) is 11.6 Å². The molecular formula is C38H50F2N10O4. The van der Waals surface area contributed by atoms with Gasteiger partial charge in [0.1, 0.15) is 28.3 Å². The number of likely N-dealkylation sites (tertiary alicyclic amines) is 2. The maximum Gasteiger partial charge on any atom is 0.410 e. The summed E-state index contributed by atoms with van der Waals surface area (Å²) in [6, 6.07) is 10.2. The highest BCUT2D eigenvalue weighted by Gasteiger charge is 2.33. The molecule has 1 amide bonds. The molecule has 290 valence electrons. The van der Waals surface area contributed by atoms with Crippen molar-refractivity contribution in [1.82, 2.24) is 39.5 Å². The fourth-order valence-electron chi connectivity index (χ4n) is 7.23. The standard InChI is InChI=1S/C27H37FN6O3.C11H13FN4O/c1-17(2)22-20-7-6-8-21(28)23(20)34(30-22)25-29-24(37-31-25)18-9-13-32(14-10-18)19-11-15-33(16-12-19)26(35)36-27(3,4)5;1-6(2)9-7-4-3-5-8(12)10(7)16(14-9)11(13)15-17/h6-8,17-19H,9-16H2,1-5H3;3-6,17H,1-2H3,(H2,13,15). The van der Waals surface area contributed by atoms with Crippen molar-refractivity contribution in [3.8, 4) is 5.95 Å². The molecule has 2 aromatic carbocycles. The van der Waals surface area contributed by atoms with Gasteiger partial charge in [0.2, 0.25) is 5.89 Å². The van der Waals surface area contributed by atoms with E-state index in [1.165, 1.54) is 16.8 Å². The van der Waals surface area contributed by atoms with Crippen LogP contribution in [-0.4, -0.2) is 94.6 Å². The Kier molecular flexibility index (Phi) is 11.2. The maximum absolute atomic E-state index is 14.8. The number of carbonyl (C=O) groups is 1. The van der Waals surface area contributed by atoms with Gasteiger partial charge in [0, 0.05) is 35.8 Å². The number of nitrogens with two attached hydrogens (primary N) is 1. The first-order chi connectivity index (χ1) is 25.7. The predicted molar refractivity (Wildman–Crippen MR) is 200 cm³/mol. The third-order valence-electron chi connectivity index (χ3n) is 9.91.